The maximum atomic E-state index is 13.3. The van der Waals surface area contributed by atoms with Crippen molar-refractivity contribution in [2.24, 2.45) is 0 Å². The zero-order chi connectivity index (χ0) is 21.3. The van der Waals surface area contributed by atoms with Crippen molar-refractivity contribution in [3.63, 3.8) is 0 Å². The van der Waals surface area contributed by atoms with E-state index in [4.69, 9.17) is 14.2 Å². The highest BCUT2D eigenvalue weighted by Crippen LogP contribution is 2.45. The Morgan fingerprint density at radius 1 is 0.968 bits per heavy atom. The Morgan fingerprint density at radius 2 is 1.74 bits per heavy atom. The van der Waals surface area contributed by atoms with Crippen LogP contribution in [0.15, 0.2) is 42.5 Å². The molecule has 0 unspecified atom stereocenters. The Labute approximate surface area is 182 Å². The van der Waals surface area contributed by atoms with Gasteiger partial charge in [0.25, 0.3) is 5.91 Å². The first-order valence-electron chi connectivity index (χ1n) is 11.1. The number of hydrogen-bond acceptors (Lipinski definition) is 5. The summed E-state index contributed by atoms with van der Waals surface area (Å²) in [6.45, 7) is 1.45. The van der Waals surface area contributed by atoms with Crippen LogP contribution in [0, 0.1) is 0 Å². The van der Waals surface area contributed by atoms with E-state index in [0.29, 0.717) is 44.1 Å². The Bertz CT molecular complexity index is 995. The van der Waals surface area contributed by atoms with Crippen molar-refractivity contribution < 1.29 is 23.8 Å². The molecule has 0 radical (unpaired) electrons. The van der Waals surface area contributed by atoms with Gasteiger partial charge in [-0.25, -0.2) is 0 Å². The molecular weight excluding hydrogens is 394 g/mol. The fraction of sp³-hybridized carbons (Fsp3) is 0.440. The maximum absolute atomic E-state index is 13.3. The van der Waals surface area contributed by atoms with Gasteiger partial charge < -0.3 is 19.1 Å². The molecule has 1 amide bonds. The number of amides is 1. The molecule has 31 heavy (non-hydrogen) atoms. The normalized spacial score (nSPS) is 18.9. The van der Waals surface area contributed by atoms with Gasteiger partial charge >= 0.3 is 5.97 Å². The summed E-state index contributed by atoms with van der Waals surface area (Å²) in [5.41, 5.74) is 2.25. The molecule has 2 aromatic rings. The number of nitrogens with zero attached hydrogens (tertiary/aromatic N) is 1. The van der Waals surface area contributed by atoms with E-state index in [1.807, 2.05) is 36.4 Å². The number of aryl methyl sites for hydroxylation is 1. The van der Waals surface area contributed by atoms with Crippen molar-refractivity contribution in [2.75, 3.05) is 31.3 Å². The highest BCUT2D eigenvalue weighted by Gasteiger charge is 2.45. The van der Waals surface area contributed by atoms with Crippen molar-refractivity contribution in [2.45, 2.75) is 43.9 Å². The highest BCUT2D eigenvalue weighted by atomic mass is 16.6. The molecule has 2 heterocycles. The van der Waals surface area contributed by atoms with Crippen LogP contribution in [0.4, 0.5) is 5.69 Å². The topological polar surface area (TPSA) is 65.1 Å². The van der Waals surface area contributed by atoms with Gasteiger partial charge in [0.05, 0.1) is 5.41 Å². The van der Waals surface area contributed by atoms with Gasteiger partial charge in [0.2, 0.25) is 0 Å². The van der Waals surface area contributed by atoms with Gasteiger partial charge in [-0.2, -0.15) is 0 Å². The van der Waals surface area contributed by atoms with Crippen LogP contribution in [0.2, 0.25) is 0 Å². The SMILES string of the molecule is O=C(COC(=O)C1(c2ccc3c(c2)OCCO3)CCCC1)N1CCCc2ccccc21. The molecule has 0 saturated heterocycles. The number of para-hydroxylation sites is 1. The monoisotopic (exact) mass is 421 g/mol. The van der Waals surface area contributed by atoms with Crippen LogP contribution in [-0.4, -0.2) is 38.2 Å². The van der Waals surface area contributed by atoms with Gasteiger partial charge in [-0.3, -0.25) is 9.59 Å². The number of benzene rings is 2. The summed E-state index contributed by atoms with van der Waals surface area (Å²) < 4.78 is 17.0. The second-order valence-corrected chi connectivity index (χ2v) is 8.50. The second-order valence-electron chi connectivity index (χ2n) is 8.50. The molecule has 6 nitrogen and oxygen atoms in total. The summed E-state index contributed by atoms with van der Waals surface area (Å²) in [6.07, 6.45) is 5.22. The number of rotatable bonds is 4. The largest absolute Gasteiger partial charge is 0.486 e. The average Bonchev–Trinajstić information content (AvgIpc) is 3.33. The molecule has 5 rings (SSSR count). The lowest BCUT2D eigenvalue weighted by atomic mass is 9.78. The Kier molecular flexibility index (Phi) is 5.30. The van der Waals surface area contributed by atoms with Crippen molar-refractivity contribution in [3.05, 3.63) is 53.6 Å². The molecule has 2 aromatic carbocycles. The number of fused-ring (bicyclic) bond motifs is 2. The van der Waals surface area contributed by atoms with Crippen LogP contribution in [0.1, 0.15) is 43.2 Å². The third kappa shape index (κ3) is 3.64. The predicted molar refractivity (Wildman–Crippen MR) is 116 cm³/mol. The van der Waals surface area contributed by atoms with Crippen LogP contribution >= 0.6 is 0 Å². The summed E-state index contributed by atoms with van der Waals surface area (Å²) in [6, 6.07) is 13.6. The van der Waals surface area contributed by atoms with Crippen LogP contribution in [0.3, 0.4) is 0 Å². The first-order valence-corrected chi connectivity index (χ1v) is 11.1. The van der Waals surface area contributed by atoms with Crippen molar-refractivity contribution in [3.8, 4) is 11.5 Å². The number of carbonyl (C=O) groups excluding carboxylic acids is 2. The van der Waals surface area contributed by atoms with Crippen LogP contribution in [0.5, 0.6) is 11.5 Å². The maximum Gasteiger partial charge on any atom is 0.317 e. The number of carbonyl (C=O) groups is 2. The molecule has 1 fully saturated rings. The van der Waals surface area contributed by atoms with Crippen molar-refractivity contribution in [1.82, 2.24) is 0 Å². The van der Waals surface area contributed by atoms with Gasteiger partial charge in [-0.05, 0) is 55.0 Å². The van der Waals surface area contributed by atoms with Gasteiger partial charge in [0.1, 0.15) is 13.2 Å². The minimum atomic E-state index is -0.726. The molecule has 0 aromatic heterocycles. The van der Waals surface area contributed by atoms with E-state index in [1.165, 1.54) is 0 Å². The standard InChI is InChI=1S/C25H27NO5/c27-23(26-13-5-7-18-6-1-2-8-20(18)26)17-31-24(28)25(11-3-4-12-25)19-9-10-21-22(16-19)30-15-14-29-21/h1-2,6,8-10,16H,3-5,7,11-15,17H2. The molecule has 3 aliphatic rings. The lowest BCUT2D eigenvalue weighted by Gasteiger charge is -2.31. The van der Waals surface area contributed by atoms with Crippen molar-refractivity contribution in [1.29, 1.82) is 0 Å². The molecule has 2 aliphatic heterocycles. The summed E-state index contributed by atoms with van der Waals surface area (Å²) >= 11 is 0. The number of esters is 1. The fourth-order valence-corrected chi connectivity index (χ4v) is 5.07. The summed E-state index contributed by atoms with van der Waals surface area (Å²) in [5, 5.41) is 0. The smallest absolute Gasteiger partial charge is 0.317 e. The highest BCUT2D eigenvalue weighted by molar-refractivity contribution is 5.97. The molecule has 0 spiro atoms. The van der Waals surface area contributed by atoms with E-state index in [0.717, 1.165) is 42.5 Å². The Morgan fingerprint density at radius 3 is 2.58 bits per heavy atom. The Hall–Kier alpha value is -3.02. The third-order valence-corrected chi connectivity index (χ3v) is 6.68. The molecule has 1 aliphatic carbocycles. The zero-order valence-electron chi connectivity index (χ0n) is 17.6. The number of hydrogen-bond donors (Lipinski definition) is 0. The molecule has 0 atom stereocenters. The summed E-state index contributed by atoms with van der Waals surface area (Å²) in [4.78, 5) is 28.0. The van der Waals surface area contributed by atoms with E-state index < -0.39 is 5.41 Å². The second kappa shape index (κ2) is 8.25. The first kappa shape index (κ1) is 19.9. The summed E-state index contributed by atoms with van der Waals surface area (Å²) in [5.74, 6) is 0.885. The first-order chi connectivity index (χ1) is 15.2. The van der Waals surface area contributed by atoms with E-state index in [2.05, 4.69) is 6.07 Å². The average molecular weight is 421 g/mol. The van der Waals surface area contributed by atoms with E-state index in [-0.39, 0.29) is 18.5 Å². The minimum absolute atomic E-state index is 0.171. The quantitative estimate of drug-likeness (QED) is 0.703. The molecular formula is C25H27NO5. The molecule has 1 saturated carbocycles. The molecule has 162 valence electrons. The zero-order valence-corrected chi connectivity index (χ0v) is 17.6. The Balaban J connectivity index is 1.32. The van der Waals surface area contributed by atoms with E-state index in [1.54, 1.807) is 4.90 Å². The molecule has 0 bridgehead atoms. The fourth-order valence-electron chi connectivity index (χ4n) is 5.07. The lowest BCUT2D eigenvalue weighted by Crippen LogP contribution is -2.41. The lowest BCUT2D eigenvalue weighted by molar-refractivity contribution is -0.153. The van der Waals surface area contributed by atoms with Gasteiger partial charge in [-0.15, -0.1) is 0 Å². The third-order valence-electron chi connectivity index (χ3n) is 6.68. The van der Waals surface area contributed by atoms with E-state index in [9.17, 15) is 9.59 Å². The van der Waals surface area contributed by atoms with Crippen LogP contribution < -0.4 is 14.4 Å². The number of anilines is 1. The predicted octanol–water partition coefficient (Wildman–Crippen LogP) is 3.79. The molecule has 0 N–H and O–H groups in total. The minimum Gasteiger partial charge on any atom is -0.486 e. The van der Waals surface area contributed by atoms with Crippen LogP contribution in [-0.2, 0) is 26.2 Å². The van der Waals surface area contributed by atoms with Gasteiger partial charge in [0, 0.05) is 12.2 Å². The van der Waals surface area contributed by atoms with Gasteiger partial charge in [0.15, 0.2) is 18.1 Å². The summed E-state index contributed by atoms with van der Waals surface area (Å²) in [7, 11) is 0. The van der Waals surface area contributed by atoms with E-state index >= 15 is 0 Å². The van der Waals surface area contributed by atoms with Crippen molar-refractivity contribution >= 4 is 17.6 Å². The number of ether oxygens (including phenoxy) is 3. The van der Waals surface area contributed by atoms with Gasteiger partial charge in [-0.1, -0.05) is 37.1 Å². The molecule has 6 heteroatoms. The van der Waals surface area contributed by atoms with Crippen LogP contribution in [0.25, 0.3) is 0 Å².